The largest absolute Gasteiger partial charge is 0.430 e. The highest BCUT2D eigenvalue weighted by molar-refractivity contribution is 5.79. The monoisotopic (exact) mass is 408 g/mol. The summed E-state index contributed by atoms with van der Waals surface area (Å²) in [6.07, 6.45) is -11.7. The number of hydrogen-bond donors (Lipinski definition) is 1. The lowest BCUT2D eigenvalue weighted by molar-refractivity contribution is -0.376. The highest BCUT2D eigenvalue weighted by Crippen LogP contribution is 2.50. The van der Waals surface area contributed by atoms with E-state index >= 15 is 0 Å². The van der Waals surface area contributed by atoms with Crippen molar-refractivity contribution in [3.05, 3.63) is 58.9 Å². The van der Waals surface area contributed by atoms with Gasteiger partial charge in [-0.3, -0.25) is 4.79 Å². The Labute approximate surface area is 155 Å². The highest BCUT2D eigenvalue weighted by Gasteiger charge is 2.71. The van der Waals surface area contributed by atoms with E-state index in [1.54, 1.807) is 13.8 Å². The first kappa shape index (κ1) is 21.9. The molecule has 1 N–H and O–H groups in total. The molecule has 0 saturated heterocycles. The zero-order valence-electron chi connectivity index (χ0n) is 14.6. The lowest BCUT2D eigenvalue weighted by atomic mass is 9.87. The van der Waals surface area contributed by atoms with Gasteiger partial charge in [-0.15, -0.1) is 0 Å². The maximum Gasteiger partial charge on any atom is 0.430 e. The average molecular weight is 408 g/mol. The van der Waals surface area contributed by atoms with Gasteiger partial charge in [-0.25, -0.2) is 4.39 Å². The SMILES string of the molecule is CC(C)c1cc(C=O)c(F)cc1-c1ccc(C(O)(C(F)(F)F)C(F)(F)F)cc1. The molecule has 0 fully saturated rings. The Kier molecular flexibility index (Phi) is 5.62. The molecule has 0 aliphatic rings. The van der Waals surface area contributed by atoms with Gasteiger partial charge in [0.1, 0.15) is 5.82 Å². The second kappa shape index (κ2) is 7.20. The fraction of sp³-hybridized carbons (Fsp3) is 0.316. The zero-order valence-corrected chi connectivity index (χ0v) is 14.6. The first-order valence-electron chi connectivity index (χ1n) is 7.99. The molecule has 0 radical (unpaired) electrons. The van der Waals surface area contributed by atoms with Crippen LogP contribution in [-0.2, 0) is 5.60 Å². The Bertz CT molecular complexity index is 852. The number of hydrogen-bond acceptors (Lipinski definition) is 2. The zero-order chi connectivity index (χ0) is 21.5. The van der Waals surface area contributed by atoms with E-state index in [0.717, 1.165) is 18.2 Å². The number of aldehydes is 1. The minimum atomic E-state index is -5.99. The Morgan fingerprint density at radius 1 is 0.929 bits per heavy atom. The molecular formula is C19H15F7O2. The molecule has 0 saturated carbocycles. The van der Waals surface area contributed by atoms with Crippen LogP contribution in [0.25, 0.3) is 11.1 Å². The van der Waals surface area contributed by atoms with Crippen LogP contribution < -0.4 is 0 Å². The third-order valence-electron chi connectivity index (χ3n) is 4.35. The molecule has 0 amide bonds. The summed E-state index contributed by atoms with van der Waals surface area (Å²) in [6, 6.07) is 5.11. The minimum absolute atomic E-state index is 0.135. The van der Waals surface area contributed by atoms with Crippen LogP contribution in [0.3, 0.4) is 0 Å². The van der Waals surface area contributed by atoms with Crippen LogP contribution in [0, 0.1) is 5.82 Å². The number of alkyl halides is 6. The number of carbonyl (C=O) groups excluding carboxylic acids is 1. The van der Waals surface area contributed by atoms with E-state index in [-0.39, 0.29) is 22.6 Å². The predicted octanol–water partition coefficient (Wildman–Crippen LogP) is 5.74. The third-order valence-corrected chi connectivity index (χ3v) is 4.35. The van der Waals surface area contributed by atoms with E-state index in [4.69, 9.17) is 0 Å². The molecule has 0 aliphatic carbocycles. The van der Waals surface area contributed by atoms with E-state index in [0.29, 0.717) is 24.0 Å². The van der Waals surface area contributed by atoms with Gasteiger partial charge in [0.05, 0.1) is 5.56 Å². The van der Waals surface area contributed by atoms with Crippen LogP contribution >= 0.6 is 0 Å². The Hall–Kier alpha value is -2.42. The molecule has 0 aromatic heterocycles. The van der Waals surface area contributed by atoms with E-state index in [1.807, 2.05) is 0 Å². The second-order valence-electron chi connectivity index (χ2n) is 6.52. The summed E-state index contributed by atoms with van der Waals surface area (Å²) in [7, 11) is 0. The van der Waals surface area contributed by atoms with Crippen molar-refractivity contribution in [1.29, 1.82) is 0 Å². The summed E-state index contributed by atoms with van der Waals surface area (Å²) in [5, 5.41) is 9.42. The molecule has 2 nitrogen and oxygen atoms in total. The van der Waals surface area contributed by atoms with Gasteiger partial charge in [-0.2, -0.15) is 26.3 Å². The van der Waals surface area contributed by atoms with Crippen LogP contribution in [0.4, 0.5) is 30.7 Å². The van der Waals surface area contributed by atoms with Crippen LogP contribution in [0.15, 0.2) is 36.4 Å². The fourth-order valence-corrected chi connectivity index (χ4v) is 2.80. The van der Waals surface area contributed by atoms with Crippen LogP contribution in [0.2, 0.25) is 0 Å². The molecule has 0 heterocycles. The van der Waals surface area contributed by atoms with Gasteiger partial charge >= 0.3 is 12.4 Å². The number of halogens is 7. The molecule has 0 spiro atoms. The molecule has 0 bridgehead atoms. The Morgan fingerprint density at radius 3 is 1.82 bits per heavy atom. The first-order valence-corrected chi connectivity index (χ1v) is 7.99. The van der Waals surface area contributed by atoms with Crippen molar-refractivity contribution in [2.24, 2.45) is 0 Å². The van der Waals surface area contributed by atoms with E-state index < -0.39 is 29.3 Å². The summed E-state index contributed by atoms with van der Waals surface area (Å²) < 4.78 is 91.8. The summed E-state index contributed by atoms with van der Waals surface area (Å²) in [5.41, 5.74) is -5.83. The van der Waals surface area contributed by atoms with Crippen molar-refractivity contribution >= 4 is 6.29 Å². The molecule has 0 atom stereocenters. The highest BCUT2D eigenvalue weighted by atomic mass is 19.4. The molecule has 28 heavy (non-hydrogen) atoms. The van der Waals surface area contributed by atoms with Crippen LogP contribution in [0.1, 0.15) is 41.3 Å². The van der Waals surface area contributed by atoms with E-state index in [1.165, 1.54) is 6.07 Å². The number of benzene rings is 2. The second-order valence-corrected chi connectivity index (χ2v) is 6.52. The molecule has 2 rings (SSSR count). The lowest BCUT2D eigenvalue weighted by Crippen LogP contribution is -2.53. The molecular weight excluding hydrogens is 393 g/mol. The molecule has 0 unspecified atom stereocenters. The maximum atomic E-state index is 14.0. The average Bonchev–Trinajstić information content (AvgIpc) is 2.58. The van der Waals surface area contributed by atoms with Crippen LogP contribution in [-0.4, -0.2) is 23.7 Å². The van der Waals surface area contributed by atoms with Crippen LogP contribution in [0.5, 0.6) is 0 Å². The van der Waals surface area contributed by atoms with Gasteiger partial charge in [-0.1, -0.05) is 38.1 Å². The number of rotatable bonds is 4. The van der Waals surface area contributed by atoms with Crippen molar-refractivity contribution in [2.75, 3.05) is 0 Å². The molecule has 9 heteroatoms. The molecule has 2 aromatic rings. The number of carbonyl (C=O) groups is 1. The summed E-state index contributed by atoms with van der Waals surface area (Å²) in [5.74, 6) is -1.09. The molecule has 2 aromatic carbocycles. The smallest absolute Gasteiger partial charge is 0.369 e. The standard InChI is InChI=1S/C19H15F7O2/c1-10(2)14-7-12(9-27)16(20)8-15(14)11-3-5-13(6-4-11)17(28,18(21,22)23)19(24,25)26/h3-10,28H,1-2H3. The van der Waals surface area contributed by atoms with Crippen molar-refractivity contribution in [1.82, 2.24) is 0 Å². The lowest BCUT2D eigenvalue weighted by Gasteiger charge is -2.32. The Morgan fingerprint density at radius 2 is 1.43 bits per heavy atom. The molecule has 0 aliphatic heterocycles. The fourth-order valence-electron chi connectivity index (χ4n) is 2.80. The third kappa shape index (κ3) is 3.63. The van der Waals surface area contributed by atoms with Gasteiger partial charge in [0, 0.05) is 5.56 Å². The van der Waals surface area contributed by atoms with E-state index in [9.17, 15) is 40.6 Å². The van der Waals surface area contributed by atoms with Crippen molar-refractivity contribution in [2.45, 2.75) is 37.7 Å². The van der Waals surface area contributed by atoms with E-state index in [2.05, 4.69) is 0 Å². The topological polar surface area (TPSA) is 37.3 Å². The molecule has 152 valence electrons. The first-order chi connectivity index (χ1) is 12.7. The van der Waals surface area contributed by atoms with Gasteiger partial charge in [0.15, 0.2) is 6.29 Å². The summed E-state index contributed by atoms with van der Waals surface area (Å²) in [6.45, 7) is 3.46. The van der Waals surface area contributed by atoms with Crippen molar-refractivity contribution in [3.63, 3.8) is 0 Å². The van der Waals surface area contributed by atoms with Gasteiger partial charge in [0.25, 0.3) is 5.60 Å². The van der Waals surface area contributed by atoms with Crippen molar-refractivity contribution in [3.8, 4) is 11.1 Å². The van der Waals surface area contributed by atoms with Crippen molar-refractivity contribution < 1.29 is 40.6 Å². The summed E-state index contributed by atoms with van der Waals surface area (Å²) in [4.78, 5) is 10.9. The van der Waals surface area contributed by atoms with Gasteiger partial charge in [0.2, 0.25) is 0 Å². The quantitative estimate of drug-likeness (QED) is 0.517. The maximum absolute atomic E-state index is 14.0. The predicted molar refractivity (Wildman–Crippen MR) is 87.3 cm³/mol. The Balaban J connectivity index is 2.62. The minimum Gasteiger partial charge on any atom is -0.369 e. The normalized spacial score (nSPS) is 13.1. The summed E-state index contributed by atoms with van der Waals surface area (Å²) >= 11 is 0. The van der Waals surface area contributed by atoms with Gasteiger partial charge in [-0.05, 0) is 34.7 Å². The van der Waals surface area contributed by atoms with Gasteiger partial charge < -0.3 is 5.11 Å². The number of aliphatic hydroxyl groups is 1.